The summed E-state index contributed by atoms with van der Waals surface area (Å²) in [5.41, 5.74) is 1.09. The predicted octanol–water partition coefficient (Wildman–Crippen LogP) is 2.50. The molecule has 0 saturated heterocycles. The van der Waals surface area contributed by atoms with E-state index in [0.29, 0.717) is 13.0 Å². The standard InChI is InChI=1S/C11H12N2O/c1-9(14)6-7-13-11-5-3-2-4-10(11)8-12-13/h2-5,8,14H,1,6-7H2. The molecule has 0 amide bonds. The Morgan fingerprint density at radius 2 is 2.21 bits per heavy atom. The van der Waals surface area contributed by atoms with Crippen molar-refractivity contribution in [3.63, 3.8) is 0 Å². The molecule has 1 heterocycles. The van der Waals surface area contributed by atoms with E-state index in [9.17, 15) is 0 Å². The van der Waals surface area contributed by atoms with Crippen LogP contribution in [0.15, 0.2) is 42.8 Å². The van der Waals surface area contributed by atoms with Crippen LogP contribution in [0.2, 0.25) is 0 Å². The molecule has 0 saturated carbocycles. The van der Waals surface area contributed by atoms with Crippen LogP contribution in [0.1, 0.15) is 6.42 Å². The van der Waals surface area contributed by atoms with E-state index in [1.807, 2.05) is 35.1 Å². The summed E-state index contributed by atoms with van der Waals surface area (Å²) in [5, 5.41) is 14.3. The van der Waals surface area contributed by atoms with Gasteiger partial charge in [-0.15, -0.1) is 0 Å². The number of allylic oxidation sites excluding steroid dienone is 1. The van der Waals surface area contributed by atoms with E-state index >= 15 is 0 Å². The summed E-state index contributed by atoms with van der Waals surface area (Å²) in [7, 11) is 0. The third-order valence-electron chi connectivity index (χ3n) is 2.16. The summed E-state index contributed by atoms with van der Waals surface area (Å²) < 4.78 is 1.87. The number of para-hydroxylation sites is 1. The Kier molecular flexibility index (Phi) is 2.23. The first-order valence-corrected chi connectivity index (χ1v) is 4.54. The second kappa shape index (κ2) is 3.54. The smallest absolute Gasteiger partial charge is 0.0869 e. The summed E-state index contributed by atoms with van der Waals surface area (Å²) in [6.07, 6.45) is 2.38. The highest BCUT2D eigenvalue weighted by Gasteiger charge is 2.00. The fourth-order valence-corrected chi connectivity index (χ4v) is 1.44. The lowest BCUT2D eigenvalue weighted by Gasteiger charge is -2.01. The molecule has 14 heavy (non-hydrogen) atoms. The molecule has 1 aromatic carbocycles. The highest BCUT2D eigenvalue weighted by Crippen LogP contribution is 2.13. The average Bonchev–Trinajstić information content (AvgIpc) is 2.58. The second-order valence-corrected chi connectivity index (χ2v) is 3.24. The number of fused-ring (bicyclic) bond motifs is 1. The zero-order valence-electron chi connectivity index (χ0n) is 7.85. The second-order valence-electron chi connectivity index (χ2n) is 3.24. The normalized spacial score (nSPS) is 10.6. The Morgan fingerprint density at radius 3 is 3.00 bits per heavy atom. The maximum Gasteiger partial charge on any atom is 0.0869 e. The van der Waals surface area contributed by atoms with Crippen LogP contribution in [-0.4, -0.2) is 14.9 Å². The van der Waals surface area contributed by atoms with Crippen molar-refractivity contribution < 1.29 is 5.11 Å². The molecule has 1 aromatic heterocycles. The molecular formula is C11H12N2O. The first-order chi connectivity index (χ1) is 6.77. The molecule has 0 bridgehead atoms. The van der Waals surface area contributed by atoms with E-state index in [-0.39, 0.29) is 5.76 Å². The topological polar surface area (TPSA) is 38.0 Å². The van der Waals surface area contributed by atoms with E-state index in [0.717, 1.165) is 10.9 Å². The fourth-order valence-electron chi connectivity index (χ4n) is 1.44. The number of hydrogen-bond acceptors (Lipinski definition) is 2. The van der Waals surface area contributed by atoms with Gasteiger partial charge in [0.05, 0.1) is 17.5 Å². The Labute approximate surface area is 82.3 Å². The average molecular weight is 188 g/mol. The molecule has 3 nitrogen and oxygen atoms in total. The number of aliphatic hydroxyl groups excluding tert-OH is 1. The van der Waals surface area contributed by atoms with Crippen molar-refractivity contribution in [1.29, 1.82) is 0 Å². The predicted molar refractivity (Wildman–Crippen MR) is 56.1 cm³/mol. The first-order valence-electron chi connectivity index (χ1n) is 4.54. The number of nitrogens with zero attached hydrogens (tertiary/aromatic N) is 2. The number of benzene rings is 1. The lowest BCUT2D eigenvalue weighted by atomic mass is 10.2. The minimum absolute atomic E-state index is 0.199. The van der Waals surface area contributed by atoms with E-state index < -0.39 is 0 Å². The van der Waals surface area contributed by atoms with Gasteiger partial charge >= 0.3 is 0 Å². The highest BCUT2D eigenvalue weighted by atomic mass is 16.3. The van der Waals surface area contributed by atoms with Gasteiger partial charge < -0.3 is 5.11 Å². The molecule has 0 aliphatic rings. The van der Waals surface area contributed by atoms with Crippen LogP contribution in [0.3, 0.4) is 0 Å². The van der Waals surface area contributed by atoms with Gasteiger partial charge in [0.2, 0.25) is 0 Å². The van der Waals surface area contributed by atoms with E-state index in [4.69, 9.17) is 5.11 Å². The lowest BCUT2D eigenvalue weighted by Crippen LogP contribution is -2.00. The van der Waals surface area contributed by atoms with Gasteiger partial charge in [0.25, 0.3) is 0 Å². The monoisotopic (exact) mass is 188 g/mol. The number of aromatic nitrogens is 2. The van der Waals surface area contributed by atoms with Gasteiger partial charge in [-0.1, -0.05) is 24.8 Å². The molecule has 0 unspecified atom stereocenters. The Bertz CT molecular complexity index is 459. The van der Waals surface area contributed by atoms with Crippen LogP contribution in [0, 0.1) is 0 Å². The summed E-state index contributed by atoms with van der Waals surface area (Å²) in [5.74, 6) is 0.199. The minimum atomic E-state index is 0.199. The summed E-state index contributed by atoms with van der Waals surface area (Å²) in [4.78, 5) is 0. The van der Waals surface area contributed by atoms with Crippen LogP contribution in [0.5, 0.6) is 0 Å². The number of hydrogen-bond donors (Lipinski definition) is 1. The van der Waals surface area contributed by atoms with Gasteiger partial charge in [-0.2, -0.15) is 5.10 Å². The van der Waals surface area contributed by atoms with Crippen molar-refractivity contribution in [3.8, 4) is 0 Å². The molecule has 2 aromatic rings. The van der Waals surface area contributed by atoms with Crippen LogP contribution < -0.4 is 0 Å². The molecule has 2 rings (SSSR count). The summed E-state index contributed by atoms with van der Waals surface area (Å²) in [6, 6.07) is 8.00. The maximum atomic E-state index is 8.99. The molecule has 0 atom stereocenters. The van der Waals surface area contributed by atoms with Crippen molar-refractivity contribution >= 4 is 10.9 Å². The molecule has 3 heteroatoms. The molecule has 0 radical (unpaired) electrons. The Hall–Kier alpha value is -1.77. The SMILES string of the molecule is C=C(O)CCn1ncc2ccccc21. The van der Waals surface area contributed by atoms with Crippen molar-refractivity contribution in [2.75, 3.05) is 0 Å². The van der Waals surface area contributed by atoms with Gasteiger partial charge in [-0.05, 0) is 6.07 Å². The molecule has 72 valence electrons. The molecule has 0 fully saturated rings. The third kappa shape index (κ3) is 1.62. The quantitative estimate of drug-likeness (QED) is 0.751. The molecular weight excluding hydrogens is 176 g/mol. The van der Waals surface area contributed by atoms with Crippen LogP contribution in [-0.2, 0) is 6.54 Å². The fraction of sp³-hybridized carbons (Fsp3) is 0.182. The maximum absolute atomic E-state index is 8.99. The zero-order chi connectivity index (χ0) is 9.97. The van der Waals surface area contributed by atoms with Crippen molar-refractivity contribution in [3.05, 3.63) is 42.8 Å². The lowest BCUT2D eigenvalue weighted by molar-refractivity contribution is 0.378. The van der Waals surface area contributed by atoms with Crippen LogP contribution in [0.25, 0.3) is 10.9 Å². The van der Waals surface area contributed by atoms with Crippen LogP contribution in [0.4, 0.5) is 0 Å². The van der Waals surface area contributed by atoms with Gasteiger partial charge in [0.15, 0.2) is 0 Å². The van der Waals surface area contributed by atoms with Crippen molar-refractivity contribution in [1.82, 2.24) is 9.78 Å². The minimum Gasteiger partial charge on any atom is -0.513 e. The third-order valence-corrected chi connectivity index (χ3v) is 2.16. The largest absolute Gasteiger partial charge is 0.513 e. The molecule has 0 aliphatic carbocycles. The first kappa shape index (κ1) is 8.81. The summed E-state index contributed by atoms with van der Waals surface area (Å²) in [6.45, 7) is 4.12. The van der Waals surface area contributed by atoms with Gasteiger partial charge in [0.1, 0.15) is 0 Å². The van der Waals surface area contributed by atoms with Gasteiger partial charge in [0, 0.05) is 18.4 Å². The van der Waals surface area contributed by atoms with Gasteiger partial charge in [-0.3, -0.25) is 4.68 Å². The molecule has 0 aliphatic heterocycles. The van der Waals surface area contributed by atoms with Crippen molar-refractivity contribution in [2.45, 2.75) is 13.0 Å². The van der Waals surface area contributed by atoms with Crippen molar-refractivity contribution in [2.24, 2.45) is 0 Å². The number of rotatable bonds is 3. The van der Waals surface area contributed by atoms with E-state index in [2.05, 4.69) is 11.7 Å². The van der Waals surface area contributed by atoms with E-state index in [1.165, 1.54) is 0 Å². The van der Waals surface area contributed by atoms with Crippen LogP contribution >= 0.6 is 0 Å². The molecule has 0 spiro atoms. The number of aryl methyl sites for hydroxylation is 1. The van der Waals surface area contributed by atoms with E-state index in [1.54, 1.807) is 0 Å². The zero-order valence-corrected chi connectivity index (χ0v) is 7.85. The number of aliphatic hydroxyl groups is 1. The van der Waals surface area contributed by atoms with Gasteiger partial charge in [-0.25, -0.2) is 0 Å². The summed E-state index contributed by atoms with van der Waals surface area (Å²) >= 11 is 0. The highest BCUT2D eigenvalue weighted by molar-refractivity contribution is 5.78. The molecule has 1 N–H and O–H groups in total. The Balaban J connectivity index is 2.29. The Morgan fingerprint density at radius 1 is 1.43 bits per heavy atom.